The molecule has 0 spiro atoms. The van der Waals surface area contributed by atoms with E-state index in [0.29, 0.717) is 0 Å². The summed E-state index contributed by atoms with van der Waals surface area (Å²) in [6, 6.07) is 17.2. The molecule has 4 N–H and O–H groups in total. The Balaban J connectivity index is 1.44. The molecule has 1 fully saturated rings. The second kappa shape index (κ2) is 12.5. The Kier molecular flexibility index (Phi) is 9.10. The van der Waals surface area contributed by atoms with Gasteiger partial charge in [0.15, 0.2) is 12.4 Å². The zero-order chi connectivity index (χ0) is 28.0. The van der Waals surface area contributed by atoms with Gasteiger partial charge in [0.2, 0.25) is 0 Å². The molecule has 0 radical (unpaired) electrons. The van der Waals surface area contributed by atoms with Gasteiger partial charge < -0.3 is 24.8 Å². The van der Waals surface area contributed by atoms with Gasteiger partial charge in [-0.3, -0.25) is 13.9 Å². The maximum absolute atomic E-state index is 14.9. The van der Waals surface area contributed by atoms with Crippen LogP contribution < -0.4 is 21.0 Å². The summed E-state index contributed by atoms with van der Waals surface area (Å²) in [6.45, 7) is 0.794. The van der Waals surface area contributed by atoms with Gasteiger partial charge in [0.1, 0.15) is 36.4 Å². The van der Waals surface area contributed by atoms with Gasteiger partial charge in [-0.2, -0.15) is 10.1 Å². The topological polar surface area (TPSA) is 164 Å². The van der Waals surface area contributed by atoms with Crippen molar-refractivity contribution < 1.29 is 37.4 Å². The molecule has 12 nitrogen and oxygen atoms in total. The minimum atomic E-state index is -4.32. The molecule has 1 aromatic heterocycles. The summed E-state index contributed by atoms with van der Waals surface area (Å²) in [6.07, 6.45) is -5.45. The minimum Gasteiger partial charge on any atom is -0.460 e. The quantitative estimate of drug-likeness (QED) is 0.232. The summed E-state index contributed by atoms with van der Waals surface area (Å²) in [5.41, 5.74) is 5.35. The van der Waals surface area contributed by atoms with E-state index in [9.17, 15) is 23.7 Å². The number of aliphatic hydroxyl groups excluding tert-OH is 1. The van der Waals surface area contributed by atoms with Crippen molar-refractivity contribution in [2.45, 2.75) is 44.2 Å². The van der Waals surface area contributed by atoms with Crippen molar-refractivity contribution in [2.24, 2.45) is 0 Å². The van der Waals surface area contributed by atoms with E-state index < -0.39 is 56.7 Å². The molecule has 2 aromatic carbocycles. The fraction of sp³-hybridized carbons (Fsp3) is 0.320. The highest BCUT2D eigenvalue weighted by Gasteiger charge is 2.47. The van der Waals surface area contributed by atoms with Crippen LogP contribution in [0.4, 0.5) is 10.2 Å². The lowest BCUT2D eigenvalue weighted by atomic mass is 10.1. The number of rotatable bonds is 11. The van der Waals surface area contributed by atoms with Crippen LogP contribution in [0.3, 0.4) is 0 Å². The third kappa shape index (κ3) is 7.28. The van der Waals surface area contributed by atoms with Gasteiger partial charge in [-0.1, -0.05) is 48.5 Å². The lowest BCUT2D eigenvalue weighted by Gasteiger charge is -2.24. The average Bonchev–Trinajstić information content (AvgIpc) is 3.20. The normalized spacial score (nSPS) is 23.1. The number of nitrogen functional groups attached to an aromatic ring is 1. The Hall–Kier alpha value is -3.61. The van der Waals surface area contributed by atoms with Crippen LogP contribution in [0.5, 0.6) is 5.75 Å². The highest BCUT2D eigenvalue weighted by atomic mass is 31.2. The van der Waals surface area contributed by atoms with E-state index in [4.69, 9.17) is 24.3 Å². The molecule has 1 aliphatic rings. The average molecular weight is 562 g/mol. The SMILES string of the molecule is C[C@H](NP(=O)(OCC1OC(n2ccc(N)nc2=O)C(F)C1O)Oc1ccccc1)C(=O)OCc1ccccc1. The molecule has 14 heteroatoms. The van der Waals surface area contributed by atoms with Crippen LogP contribution in [0.2, 0.25) is 0 Å². The molecule has 3 aromatic rings. The Labute approximate surface area is 223 Å². The highest BCUT2D eigenvalue weighted by Crippen LogP contribution is 2.46. The second-order valence-corrected chi connectivity index (χ2v) is 10.4. The predicted octanol–water partition coefficient (Wildman–Crippen LogP) is 2.35. The summed E-state index contributed by atoms with van der Waals surface area (Å²) in [5, 5.41) is 12.9. The number of hydrogen-bond acceptors (Lipinski definition) is 10. The number of nitrogens with zero attached hydrogens (tertiary/aromatic N) is 2. The molecule has 0 aliphatic carbocycles. The molecule has 0 amide bonds. The fourth-order valence-electron chi connectivity index (χ4n) is 3.71. The molecule has 2 heterocycles. The first-order valence-corrected chi connectivity index (χ1v) is 13.5. The number of anilines is 1. The monoisotopic (exact) mass is 562 g/mol. The number of nitrogens with two attached hydrogens (primary N) is 1. The summed E-state index contributed by atoms with van der Waals surface area (Å²) in [7, 11) is -4.32. The van der Waals surface area contributed by atoms with E-state index in [1.54, 1.807) is 42.5 Å². The fourth-order valence-corrected chi connectivity index (χ4v) is 5.21. The van der Waals surface area contributed by atoms with Crippen LogP contribution in [-0.2, 0) is 30.0 Å². The van der Waals surface area contributed by atoms with E-state index >= 15 is 0 Å². The number of alkyl halides is 1. The van der Waals surface area contributed by atoms with Crippen molar-refractivity contribution in [1.29, 1.82) is 0 Å². The first-order valence-electron chi connectivity index (χ1n) is 11.9. The van der Waals surface area contributed by atoms with Crippen molar-refractivity contribution in [3.05, 3.63) is 89.0 Å². The Morgan fingerprint density at radius 2 is 1.87 bits per heavy atom. The number of carbonyl (C=O) groups excluding carboxylic acids is 1. The van der Waals surface area contributed by atoms with Gasteiger partial charge in [0, 0.05) is 6.20 Å². The number of esters is 1. The smallest absolute Gasteiger partial charge is 0.459 e. The molecule has 5 unspecified atom stereocenters. The highest BCUT2D eigenvalue weighted by molar-refractivity contribution is 7.52. The molecule has 0 saturated carbocycles. The van der Waals surface area contributed by atoms with E-state index in [1.165, 1.54) is 31.3 Å². The van der Waals surface area contributed by atoms with E-state index in [2.05, 4.69) is 10.1 Å². The van der Waals surface area contributed by atoms with Gasteiger partial charge in [-0.05, 0) is 30.7 Å². The maximum Gasteiger partial charge on any atom is 0.459 e. The number of para-hydroxylation sites is 1. The Morgan fingerprint density at radius 3 is 2.54 bits per heavy atom. The molecular formula is C25H28FN4O8P. The zero-order valence-electron chi connectivity index (χ0n) is 20.8. The van der Waals surface area contributed by atoms with Crippen LogP contribution in [0.25, 0.3) is 0 Å². The summed E-state index contributed by atoms with van der Waals surface area (Å²) in [4.78, 5) is 28.2. The van der Waals surface area contributed by atoms with Crippen molar-refractivity contribution in [1.82, 2.24) is 14.6 Å². The summed E-state index contributed by atoms with van der Waals surface area (Å²) >= 11 is 0. The summed E-state index contributed by atoms with van der Waals surface area (Å²) < 4.78 is 51.3. The number of aliphatic hydroxyl groups is 1. The lowest BCUT2D eigenvalue weighted by Crippen LogP contribution is -2.37. The van der Waals surface area contributed by atoms with Crippen LogP contribution in [0.15, 0.2) is 77.7 Å². The number of ether oxygens (including phenoxy) is 2. The van der Waals surface area contributed by atoms with Crippen LogP contribution in [0, 0.1) is 0 Å². The van der Waals surface area contributed by atoms with Crippen molar-refractivity contribution >= 4 is 19.5 Å². The van der Waals surface area contributed by atoms with E-state index in [-0.39, 0.29) is 18.2 Å². The molecule has 0 bridgehead atoms. The Morgan fingerprint density at radius 1 is 1.21 bits per heavy atom. The largest absolute Gasteiger partial charge is 0.460 e. The molecule has 1 aliphatic heterocycles. The van der Waals surface area contributed by atoms with Crippen LogP contribution in [0.1, 0.15) is 18.7 Å². The number of benzene rings is 2. The number of aromatic nitrogens is 2. The number of nitrogens with one attached hydrogen (secondary N) is 1. The standard InChI is InChI=1S/C25H28FN4O8P/c1-16(24(32)35-14-17-8-4-2-5-9-17)29-39(34,38-18-10-6-3-7-11-18)36-15-19-22(31)21(26)23(37-19)30-13-12-20(27)28-25(30)33/h2-13,16,19,21-23,31H,14-15H2,1H3,(H,29,34)(H2,27,28,33)/t16-,19?,21?,22?,23?,39?/m0/s1. The van der Waals surface area contributed by atoms with E-state index in [0.717, 1.165) is 10.1 Å². The molecule has 1 saturated heterocycles. The van der Waals surface area contributed by atoms with Crippen LogP contribution >= 0.6 is 7.75 Å². The molecule has 6 atom stereocenters. The predicted molar refractivity (Wildman–Crippen MR) is 137 cm³/mol. The van der Waals surface area contributed by atoms with Gasteiger partial charge in [0.25, 0.3) is 0 Å². The lowest BCUT2D eigenvalue weighted by molar-refractivity contribution is -0.146. The van der Waals surface area contributed by atoms with Crippen molar-refractivity contribution in [2.75, 3.05) is 12.3 Å². The Bertz CT molecular complexity index is 1360. The first-order chi connectivity index (χ1) is 18.6. The van der Waals surface area contributed by atoms with Gasteiger partial charge >= 0.3 is 19.4 Å². The minimum absolute atomic E-state index is 0.00284. The molecular weight excluding hydrogens is 534 g/mol. The third-order valence-corrected chi connectivity index (χ3v) is 7.37. The zero-order valence-corrected chi connectivity index (χ0v) is 21.7. The second-order valence-electron chi connectivity index (χ2n) is 8.68. The maximum atomic E-state index is 14.9. The first kappa shape index (κ1) is 28.4. The van der Waals surface area contributed by atoms with E-state index in [1.807, 2.05) is 6.07 Å². The number of halogens is 1. The van der Waals surface area contributed by atoms with Gasteiger partial charge in [-0.15, -0.1) is 0 Å². The van der Waals surface area contributed by atoms with Gasteiger partial charge in [-0.25, -0.2) is 13.8 Å². The van der Waals surface area contributed by atoms with Crippen LogP contribution in [-0.4, -0.2) is 51.7 Å². The number of hydrogen-bond donors (Lipinski definition) is 3. The number of carbonyl (C=O) groups is 1. The van der Waals surface area contributed by atoms with Crippen molar-refractivity contribution in [3.8, 4) is 5.75 Å². The summed E-state index contributed by atoms with van der Waals surface area (Å²) in [5.74, 6) is -0.631. The third-order valence-electron chi connectivity index (χ3n) is 5.73. The molecule has 208 valence electrons. The molecule has 4 rings (SSSR count). The molecule has 39 heavy (non-hydrogen) atoms. The van der Waals surface area contributed by atoms with Crippen molar-refractivity contribution in [3.63, 3.8) is 0 Å². The van der Waals surface area contributed by atoms with Gasteiger partial charge in [0.05, 0.1) is 6.61 Å².